The number of nitrogens with one attached hydrogen (secondary N) is 1. The van der Waals surface area contributed by atoms with Gasteiger partial charge < -0.3 is 20.9 Å². The zero-order valence-electron chi connectivity index (χ0n) is 13.4. The van der Waals surface area contributed by atoms with Gasteiger partial charge in [-0.3, -0.25) is 4.79 Å². The smallest absolute Gasteiger partial charge is 0.224 e. The summed E-state index contributed by atoms with van der Waals surface area (Å²) in [6.45, 7) is 3.42. The Morgan fingerprint density at radius 2 is 1.86 bits per heavy atom. The summed E-state index contributed by atoms with van der Waals surface area (Å²) < 4.78 is 0. The number of benzene rings is 1. The van der Waals surface area contributed by atoms with Crippen molar-refractivity contribution >= 4 is 11.6 Å². The number of amides is 1. The number of likely N-dealkylation sites (N-methyl/N-ethyl adjacent to an activating group) is 2. The summed E-state index contributed by atoms with van der Waals surface area (Å²) in [6, 6.07) is 7.66. The van der Waals surface area contributed by atoms with Gasteiger partial charge in [0.2, 0.25) is 5.91 Å². The number of nitrogens with two attached hydrogens (primary N) is 1. The molecule has 0 aromatic heterocycles. The Bertz CT molecular complexity index is 434. The number of hydrogen-bond donors (Lipinski definition) is 2. The molecule has 1 aromatic carbocycles. The summed E-state index contributed by atoms with van der Waals surface area (Å²) >= 11 is 0. The summed E-state index contributed by atoms with van der Waals surface area (Å²) in [5.41, 5.74) is 7.45. The maximum atomic E-state index is 11.9. The molecule has 5 heteroatoms. The van der Waals surface area contributed by atoms with Crippen molar-refractivity contribution in [2.24, 2.45) is 5.73 Å². The van der Waals surface area contributed by atoms with E-state index < -0.39 is 0 Å². The van der Waals surface area contributed by atoms with Crippen LogP contribution in [0.25, 0.3) is 0 Å². The van der Waals surface area contributed by atoms with Gasteiger partial charge in [0.05, 0.1) is 0 Å². The molecule has 0 atom stereocenters. The topological polar surface area (TPSA) is 61.6 Å². The molecule has 0 aliphatic rings. The lowest BCUT2D eigenvalue weighted by atomic mass is 10.1. The fourth-order valence-corrected chi connectivity index (χ4v) is 2.02. The van der Waals surface area contributed by atoms with Gasteiger partial charge in [-0.05, 0) is 45.7 Å². The molecule has 0 saturated carbocycles. The van der Waals surface area contributed by atoms with Crippen molar-refractivity contribution in [2.75, 3.05) is 46.1 Å². The van der Waals surface area contributed by atoms with Crippen molar-refractivity contribution in [1.82, 2.24) is 9.80 Å². The summed E-state index contributed by atoms with van der Waals surface area (Å²) in [5.74, 6) is 0.0527. The molecule has 118 valence electrons. The number of carbonyl (C=O) groups excluding carboxylic acids is 1. The molecule has 1 aromatic rings. The summed E-state index contributed by atoms with van der Waals surface area (Å²) in [6.07, 6.45) is 1.39. The molecule has 0 aliphatic heterocycles. The first-order valence-electron chi connectivity index (χ1n) is 7.44. The van der Waals surface area contributed by atoms with Gasteiger partial charge in [-0.1, -0.05) is 18.2 Å². The number of para-hydroxylation sites is 1. The van der Waals surface area contributed by atoms with Crippen molar-refractivity contribution in [3.8, 4) is 0 Å². The molecule has 1 rings (SSSR count). The Balaban J connectivity index is 2.28. The molecule has 5 nitrogen and oxygen atoms in total. The summed E-state index contributed by atoms with van der Waals surface area (Å²) in [7, 11) is 6.22. The van der Waals surface area contributed by atoms with Gasteiger partial charge >= 0.3 is 0 Å². The average molecular weight is 292 g/mol. The van der Waals surface area contributed by atoms with E-state index in [0.717, 1.165) is 37.3 Å². The number of anilines is 1. The zero-order valence-corrected chi connectivity index (χ0v) is 13.4. The van der Waals surface area contributed by atoms with Gasteiger partial charge in [-0.25, -0.2) is 0 Å². The van der Waals surface area contributed by atoms with E-state index in [1.54, 1.807) is 0 Å². The second kappa shape index (κ2) is 9.50. The second-order valence-corrected chi connectivity index (χ2v) is 5.62. The molecule has 0 unspecified atom stereocenters. The van der Waals surface area contributed by atoms with Crippen LogP contribution in [0.4, 0.5) is 5.69 Å². The molecule has 0 saturated heterocycles. The van der Waals surface area contributed by atoms with E-state index in [9.17, 15) is 4.79 Å². The van der Waals surface area contributed by atoms with Crippen LogP contribution in [-0.4, -0.2) is 56.5 Å². The van der Waals surface area contributed by atoms with Gasteiger partial charge in [0.15, 0.2) is 0 Å². The maximum absolute atomic E-state index is 11.9. The highest BCUT2D eigenvalue weighted by atomic mass is 16.1. The van der Waals surface area contributed by atoms with Crippen LogP contribution < -0.4 is 11.1 Å². The molecular formula is C16H28N4O. The fourth-order valence-electron chi connectivity index (χ4n) is 2.02. The normalized spacial score (nSPS) is 11.1. The third-order valence-corrected chi connectivity index (χ3v) is 3.38. The van der Waals surface area contributed by atoms with Crippen molar-refractivity contribution in [2.45, 2.75) is 19.4 Å². The van der Waals surface area contributed by atoms with E-state index >= 15 is 0 Å². The Morgan fingerprint density at radius 1 is 1.14 bits per heavy atom. The van der Waals surface area contributed by atoms with Crippen LogP contribution in [0.1, 0.15) is 18.4 Å². The molecule has 3 N–H and O–H groups in total. The van der Waals surface area contributed by atoms with Crippen LogP contribution in [0.5, 0.6) is 0 Å². The number of rotatable bonds is 9. The van der Waals surface area contributed by atoms with E-state index in [2.05, 4.69) is 36.3 Å². The monoisotopic (exact) mass is 292 g/mol. The zero-order chi connectivity index (χ0) is 15.7. The standard InChI is InChI=1S/C16H28N4O/c1-19(2)11-12-20(3)10-6-9-16(21)18-15-8-5-4-7-14(15)13-17/h4-5,7-8H,6,9-13,17H2,1-3H3,(H,18,21). The van der Waals surface area contributed by atoms with Crippen LogP contribution in [0, 0.1) is 0 Å². The van der Waals surface area contributed by atoms with Crippen molar-refractivity contribution in [3.05, 3.63) is 29.8 Å². The van der Waals surface area contributed by atoms with E-state index in [0.29, 0.717) is 13.0 Å². The van der Waals surface area contributed by atoms with Crippen LogP contribution >= 0.6 is 0 Å². The second-order valence-electron chi connectivity index (χ2n) is 5.62. The van der Waals surface area contributed by atoms with Crippen LogP contribution in [0.2, 0.25) is 0 Å². The highest BCUT2D eigenvalue weighted by Crippen LogP contribution is 2.14. The Labute approximate surface area is 128 Å². The van der Waals surface area contributed by atoms with Gasteiger partial charge in [-0.2, -0.15) is 0 Å². The van der Waals surface area contributed by atoms with Crippen molar-refractivity contribution in [1.29, 1.82) is 0 Å². The predicted octanol–water partition coefficient (Wildman–Crippen LogP) is 1.36. The Morgan fingerprint density at radius 3 is 2.52 bits per heavy atom. The minimum Gasteiger partial charge on any atom is -0.326 e. The summed E-state index contributed by atoms with van der Waals surface area (Å²) in [4.78, 5) is 16.4. The predicted molar refractivity (Wildman–Crippen MR) is 88.2 cm³/mol. The van der Waals surface area contributed by atoms with Crippen molar-refractivity contribution < 1.29 is 4.79 Å². The SMILES string of the molecule is CN(C)CCN(C)CCCC(=O)Nc1ccccc1CN. The molecule has 0 bridgehead atoms. The minimum atomic E-state index is 0.0527. The van der Waals surface area contributed by atoms with E-state index in [-0.39, 0.29) is 5.91 Å². The molecule has 0 aliphatic carbocycles. The fraction of sp³-hybridized carbons (Fsp3) is 0.562. The van der Waals surface area contributed by atoms with Crippen molar-refractivity contribution in [3.63, 3.8) is 0 Å². The Kier molecular flexibility index (Phi) is 7.97. The lowest BCUT2D eigenvalue weighted by molar-refractivity contribution is -0.116. The molecule has 0 fully saturated rings. The quantitative estimate of drug-likeness (QED) is 0.721. The Hall–Kier alpha value is -1.43. The highest BCUT2D eigenvalue weighted by molar-refractivity contribution is 5.91. The van der Waals surface area contributed by atoms with E-state index in [4.69, 9.17) is 5.73 Å². The molecular weight excluding hydrogens is 264 g/mol. The summed E-state index contributed by atoms with van der Waals surface area (Å²) in [5, 5.41) is 2.94. The molecule has 0 heterocycles. The molecule has 21 heavy (non-hydrogen) atoms. The first kappa shape index (κ1) is 17.6. The first-order chi connectivity index (χ1) is 10.0. The lowest BCUT2D eigenvalue weighted by Crippen LogP contribution is -2.29. The molecule has 0 radical (unpaired) electrons. The highest BCUT2D eigenvalue weighted by Gasteiger charge is 2.06. The number of carbonyl (C=O) groups is 1. The van der Waals surface area contributed by atoms with Gasteiger partial charge in [0.1, 0.15) is 0 Å². The van der Waals surface area contributed by atoms with Gasteiger partial charge in [-0.15, -0.1) is 0 Å². The molecule has 1 amide bonds. The number of nitrogens with zero attached hydrogens (tertiary/aromatic N) is 2. The third kappa shape index (κ3) is 7.22. The van der Waals surface area contributed by atoms with E-state index in [1.807, 2.05) is 24.3 Å². The minimum absolute atomic E-state index is 0.0527. The largest absolute Gasteiger partial charge is 0.326 e. The lowest BCUT2D eigenvalue weighted by Gasteiger charge is -2.19. The molecule has 0 spiro atoms. The number of hydrogen-bond acceptors (Lipinski definition) is 4. The van der Waals surface area contributed by atoms with Crippen LogP contribution in [0.3, 0.4) is 0 Å². The van der Waals surface area contributed by atoms with E-state index in [1.165, 1.54) is 0 Å². The van der Waals surface area contributed by atoms with Crippen LogP contribution in [-0.2, 0) is 11.3 Å². The first-order valence-corrected chi connectivity index (χ1v) is 7.44. The van der Waals surface area contributed by atoms with Crippen LogP contribution in [0.15, 0.2) is 24.3 Å². The third-order valence-electron chi connectivity index (χ3n) is 3.38. The van der Waals surface area contributed by atoms with Gasteiger partial charge in [0, 0.05) is 31.7 Å². The maximum Gasteiger partial charge on any atom is 0.224 e. The van der Waals surface area contributed by atoms with Gasteiger partial charge in [0.25, 0.3) is 0 Å². The average Bonchev–Trinajstić information content (AvgIpc) is 2.45.